The molecule has 0 aliphatic heterocycles. The summed E-state index contributed by atoms with van der Waals surface area (Å²) in [4.78, 5) is 10.4. The zero-order chi connectivity index (χ0) is 11.4. The molecular weight excluding hydrogens is 202 g/mol. The number of carbonyl (C=O) groups is 1. The van der Waals surface area contributed by atoms with Crippen LogP contribution in [0.4, 0.5) is 14.5 Å². The molecule has 0 bridgehead atoms. The van der Waals surface area contributed by atoms with Gasteiger partial charge >= 0.3 is 0 Å². The smallest absolute Gasteiger partial charge is 0.221 e. The van der Waals surface area contributed by atoms with E-state index in [1.807, 2.05) is 0 Å². The highest BCUT2D eigenvalue weighted by Gasteiger charge is 2.08. The normalized spacial score (nSPS) is 10.8. The maximum atomic E-state index is 13.2. The molecule has 4 N–H and O–H groups in total. The van der Waals surface area contributed by atoms with Crippen LogP contribution in [0.2, 0.25) is 0 Å². The van der Waals surface area contributed by atoms with Gasteiger partial charge in [-0.25, -0.2) is 8.78 Å². The Balaban J connectivity index is 2.92. The molecule has 0 heterocycles. The third-order valence-electron chi connectivity index (χ3n) is 1.76. The summed E-state index contributed by atoms with van der Waals surface area (Å²) in [6.07, 6.45) is 2.62. The molecule has 0 saturated heterocycles. The highest BCUT2D eigenvalue weighted by Crippen LogP contribution is 2.18. The molecule has 15 heavy (non-hydrogen) atoms. The molecule has 0 aliphatic carbocycles. The Morgan fingerprint density at radius 3 is 2.60 bits per heavy atom. The van der Waals surface area contributed by atoms with Gasteiger partial charge in [-0.3, -0.25) is 4.79 Å². The Kier molecular flexibility index (Phi) is 3.38. The van der Waals surface area contributed by atoms with E-state index in [2.05, 4.69) is 0 Å². The van der Waals surface area contributed by atoms with Gasteiger partial charge in [-0.2, -0.15) is 0 Å². The zero-order valence-electron chi connectivity index (χ0n) is 7.84. The van der Waals surface area contributed by atoms with Gasteiger partial charge in [0.1, 0.15) is 0 Å². The lowest BCUT2D eigenvalue weighted by molar-refractivity contribution is -0.117. The number of nitrogen functional groups attached to an aromatic ring is 1. The van der Waals surface area contributed by atoms with Gasteiger partial charge in [0, 0.05) is 12.0 Å². The molecule has 1 aromatic rings. The van der Waals surface area contributed by atoms with E-state index in [1.165, 1.54) is 24.3 Å². The van der Waals surface area contributed by atoms with Crippen molar-refractivity contribution in [2.75, 3.05) is 5.73 Å². The topological polar surface area (TPSA) is 69.1 Å². The largest absolute Gasteiger partial charge is 0.396 e. The van der Waals surface area contributed by atoms with Crippen molar-refractivity contribution < 1.29 is 13.6 Å². The molecule has 1 rings (SSSR count). The summed E-state index contributed by atoms with van der Waals surface area (Å²) in [6.45, 7) is 0. The molecule has 0 aliphatic rings. The Hall–Kier alpha value is -1.91. The quantitative estimate of drug-likeness (QED) is 0.744. The summed E-state index contributed by atoms with van der Waals surface area (Å²) >= 11 is 0. The molecule has 0 spiro atoms. The summed E-state index contributed by atoms with van der Waals surface area (Å²) in [5, 5.41) is 0. The highest BCUT2D eigenvalue weighted by atomic mass is 19.2. The molecule has 0 unspecified atom stereocenters. The van der Waals surface area contributed by atoms with Crippen LogP contribution in [0.1, 0.15) is 12.0 Å². The van der Waals surface area contributed by atoms with E-state index in [-0.39, 0.29) is 17.7 Å². The number of halogens is 2. The number of rotatable bonds is 3. The number of hydrogen-bond donors (Lipinski definition) is 2. The van der Waals surface area contributed by atoms with Gasteiger partial charge in [-0.1, -0.05) is 12.2 Å². The minimum atomic E-state index is -1.09. The first-order valence-electron chi connectivity index (χ1n) is 4.20. The minimum absolute atomic E-state index is 0.0224. The molecule has 0 fully saturated rings. The maximum absolute atomic E-state index is 13.2. The lowest BCUT2D eigenvalue weighted by Crippen LogP contribution is -2.07. The molecule has 0 aromatic heterocycles. The van der Waals surface area contributed by atoms with Crippen molar-refractivity contribution in [1.29, 1.82) is 0 Å². The van der Waals surface area contributed by atoms with Gasteiger partial charge in [-0.15, -0.1) is 0 Å². The van der Waals surface area contributed by atoms with Crippen LogP contribution >= 0.6 is 0 Å². The Morgan fingerprint density at radius 2 is 2.00 bits per heavy atom. The fraction of sp³-hybridized carbons (Fsp3) is 0.100. The predicted molar refractivity (Wildman–Crippen MR) is 53.6 cm³/mol. The van der Waals surface area contributed by atoms with Crippen LogP contribution in [0.3, 0.4) is 0 Å². The number of primary amides is 1. The number of carbonyl (C=O) groups excluding carboxylic acids is 1. The van der Waals surface area contributed by atoms with Gasteiger partial charge in [0.15, 0.2) is 11.6 Å². The Morgan fingerprint density at radius 1 is 1.33 bits per heavy atom. The van der Waals surface area contributed by atoms with Crippen molar-refractivity contribution in [3.8, 4) is 0 Å². The third kappa shape index (κ3) is 2.77. The zero-order valence-corrected chi connectivity index (χ0v) is 7.84. The van der Waals surface area contributed by atoms with Crippen molar-refractivity contribution >= 4 is 17.7 Å². The van der Waals surface area contributed by atoms with Crippen molar-refractivity contribution in [2.24, 2.45) is 5.73 Å². The van der Waals surface area contributed by atoms with Crippen molar-refractivity contribution in [3.63, 3.8) is 0 Å². The summed E-state index contributed by atoms with van der Waals surface area (Å²) in [7, 11) is 0. The van der Waals surface area contributed by atoms with E-state index in [9.17, 15) is 13.6 Å². The van der Waals surface area contributed by atoms with Gasteiger partial charge in [0.25, 0.3) is 0 Å². The molecule has 5 heteroatoms. The van der Waals surface area contributed by atoms with E-state index < -0.39 is 17.5 Å². The molecule has 1 amide bonds. The van der Waals surface area contributed by atoms with Crippen LogP contribution in [0.15, 0.2) is 18.2 Å². The lowest BCUT2D eigenvalue weighted by Gasteiger charge is -2.00. The summed E-state index contributed by atoms with van der Waals surface area (Å²) in [5.74, 6) is -2.66. The van der Waals surface area contributed by atoms with Crippen LogP contribution in [0.5, 0.6) is 0 Å². The average Bonchev–Trinajstić information content (AvgIpc) is 2.18. The average molecular weight is 212 g/mol. The summed E-state index contributed by atoms with van der Waals surface area (Å²) < 4.78 is 26.1. The molecule has 1 aromatic carbocycles. The number of amides is 1. The fourth-order valence-electron chi connectivity index (χ4n) is 1.01. The summed E-state index contributed by atoms with van der Waals surface area (Å²) in [6, 6.07) is 2.58. The Bertz CT molecular complexity index is 416. The predicted octanol–water partition coefficient (Wildman–Crippen LogP) is 1.44. The van der Waals surface area contributed by atoms with Gasteiger partial charge < -0.3 is 11.5 Å². The first kappa shape index (κ1) is 11.2. The summed E-state index contributed by atoms with van der Waals surface area (Å²) in [5.41, 5.74) is 9.80. The van der Waals surface area contributed by atoms with E-state index in [0.29, 0.717) is 0 Å². The monoisotopic (exact) mass is 212 g/mol. The second-order valence-electron chi connectivity index (χ2n) is 2.94. The van der Waals surface area contributed by atoms with Crippen LogP contribution in [0, 0.1) is 11.6 Å². The highest BCUT2D eigenvalue weighted by molar-refractivity contribution is 5.76. The second kappa shape index (κ2) is 4.54. The van der Waals surface area contributed by atoms with Crippen molar-refractivity contribution in [1.82, 2.24) is 0 Å². The molecule has 3 nitrogen and oxygen atoms in total. The van der Waals surface area contributed by atoms with Crippen LogP contribution in [-0.2, 0) is 4.79 Å². The molecule has 0 atom stereocenters. The van der Waals surface area contributed by atoms with Crippen LogP contribution in [-0.4, -0.2) is 5.91 Å². The van der Waals surface area contributed by atoms with Crippen molar-refractivity contribution in [3.05, 3.63) is 35.4 Å². The van der Waals surface area contributed by atoms with E-state index in [0.717, 1.165) is 0 Å². The maximum Gasteiger partial charge on any atom is 0.221 e. The fourth-order valence-corrected chi connectivity index (χ4v) is 1.01. The molecular formula is C10H10F2N2O. The van der Waals surface area contributed by atoms with E-state index in [4.69, 9.17) is 11.5 Å². The number of hydrogen-bond acceptors (Lipinski definition) is 2. The molecule has 0 saturated carbocycles. The van der Waals surface area contributed by atoms with Gasteiger partial charge in [-0.05, 0) is 12.1 Å². The standard InChI is InChI=1S/C10H10F2N2O/c11-9-6(2-1-3-8(14)15)4-5-7(13)10(9)12/h1-2,4-5H,3,13H2,(H2,14,15). The second-order valence-corrected chi connectivity index (χ2v) is 2.94. The van der Waals surface area contributed by atoms with E-state index >= 15 is 0 Å². The first-order chi connectivity index (χ1) is 7.02. The minimum Gasteiger partial charge on any atom is -0.396 e. The molecule has 80 valence electrons. The SMILES string of the molecule is NC(=O)CC=Cc1ccc(N)c(F)c1F. The number of anilines is 1. The van der Waals surface area contributed by atoms with Crippen LogP contribution in [0.25, 0.3) is 6.08 Å². The Labute approximate surface area is 85.4 Å². The van der Waals surface area contributed by atoms with E-state index in [1.54, 1.807) is 0 Å². The number of nitrogens with two attached hydrogens (primary N) is 2. The number of benzene rings is 1. The van der Waals surface area contributed by atoms with Gasteiger partial charge in [0.2, 0.25) is 5.91 Å². The third-order valence-corrected chi connectivity index (χ3v) is 1.76. The van der Waals surface area contributed by atoms with Gasteiger partial charge in [0.05, 0.1) is 5.69 Å². The van der Waals surface area contributed by atoms with Crippen LogP contribution < -0.4 is 11.5 Å². The lowest BCUT2D eigenvalue weighted by atomic mass is 10.1. The molecule has 0 radical (unpaired) electrons. The first-order valence-corrected chi connectivity index (χ1v) is 4.20. The van der Waals surface area contributed by atoms with Crippen molar-refractivity contribution in [2.45, 2.75) is 6.42 Å².